The molecule has 5 heteroatoms. The predicted molar refractivity (Wildman–Crippen MR) is 75.9 cm³/mol. The second-order valence-corrected chi connectivity index (χ2v) is 5.84. The number of carbonyl (C=O) groups is 2. The van der Waals surface area contributed by atoms with Gasteiger partial charge in [-0.15, -0.1) is 11.3 Å². The highest BCUT2D eigenvalue weighted by Crippen LogP contribution is 2.35. The third kappa shape index (κ3) is 2.29. The van der Waals surface area contributed by atoms with Crippen LogP contribution in [0.25, 0.3) is 0 Å². The van der Waals surface area contributed by atoms with Crippen molar-refractivity contribution in [2.24, 2.45) is 0 Å². The van der Waals surface area contributed by atoms with Crippen LogP contribution in [0.3, 0.4) is 0 Å². The van der Waals surface area contributed by atoms with Crippen LogP contribution in [0.4, 0.5) is 5.69 Å². The third-order valence-corrected chi connectivity index (χ3v) is 4.21. The van der Waals surface area contributed by atoms with Crippen molar-refractivity contribution in [1.29, 1.82) is 0 Å². The molecule has 19 heavy (non-hydrogen) atoms. The molecule has 0 fully saturated rings. The minimum atomic E-state index is -0.740. The number of hydrogen-bond acceptors (Lipinski definition) is 3. The lowest BCUT2D eigenvalue weighted by Gasteiger charge is -2.07. The number of hydrogen-bond donors (Lipinski definition) is 1. The van der Waals surface area contributed by atoms with E-state index in [-0.39, 0.29) is 18.1 Å². The van der Waals surface area contributed by atoms with Gasteiger partial charge in [-0.2, -0.15) is 0 Å². The fourth-order valence-corrected chi connectivity index (χ4v) is 3.13. The lowest BCUT2D eigenvalue weighted by molar-refractivity contribution is -0.126. The number of Topliss-reactive ketones (excluding diaryl/α,β-unsaturated/α-hetero) is 1. The normalized spacial score (nSPS) is 17.1. The Bertz CT molecular complexity index is 651. The summed E-state index contributed by atoms with van der Waals surface area (Å²) in [6, 6.07) is 8.91. The molecule has 3 nitrogen and oxygen atoms in total. The van der Waals surface area contributed by atoms with Crippen molar-refractivity contribution in [3.8, 4) is 0 Å². The SMILES string of the molecule is O=C(Cc1cccs1)C1C(=O)Nc2ccc(Cl)cc21. The van der Waals surface area contributed by atoms with E-state index in [4.69, 9.17) is 11.6 Å². The monoisotopic (exact) mass is 291 g/mol. The van der Waals surface area contributed by atoms with E-state index in [0.29, 0.717) is 16.3 Å². The molecule has 0 saturated carbocycles. The highest BCUT2D eigenvalue weighted by atomic mass is 35.5. The zero-order valence-electron chi connectivity index (χ0n) is 9.85. The summed E-state index contributed by atoms with van der Waals surface area (Å²) in [4.78, 5) is 25.2. The number of ketones is 1. The molecule has 1 aliphatic rings. The van der Waals surface area contributed by atoms with Crippen LogP contribution < -0.4 is 5.32 Å². The maximum Gasteiger partial charge on any atom is 0.239 e. The first-order valence-corrected chi connectivity index (χ1v) is 7.06. The summed E-state index contributed by atoms with van der Waals surface area (Å²) in [5.41, 5.74) is 1.36. The maximum atomic E-state index is 12.3. The van der Waals surface area contributed by atoms with Crippen molar-refractivity contribution in [2.45, 2.75) is 12.3 Å². The second kappa shape index (κ2) is 4.79. The topological polar surface area (TPSA) is 46.2 Å². The van der Waals surface area contributed by atoms with Crippen molar-refractivity contribution < 1.29 is 9.59 Å². The first kappa shape index (κ1) is 12.4. The Morgan fingerprint density at radius 3 is 2.95 bits per heavy atom. The Labute approximate surface area is 119 Å². The first-order chi connectivity index (χ1) is 9.15. The van der Waals surface area contributed by atoms with Crippen molar-refractivity contribution >= 4 is 40.3 Å². The molecule has 2 aromatic rings. The fraction of sp³-hybridized carbons (Fsp3) is 0.143. The van der Waals surface area contributed by atoms with E-state index in [2.05, 4.69) is 5.32 Å². The lowest BCUT2D eigenvalue weighted by atomic mass is 9.94. The van der Waals surface area contributed by atoms with Gasteiger partial charge < -0.3 is 5.32 Å². The summed E-state index contributed by atoms with van der Waals surface area (Å²) in [5, 5.41) is 5.17. The van der Waals surface area contributed by atoms with Crippen LogP contribution in [0.1, 0.15) is 16.4 Å². The van der Waals surface area contributed by atoms with E-state index >= 15 is 0 Å². The minimum Gasteiger partial charge on any atom is -0.325 e. The van der Waals surface area contributed by atoms with Gasteiger partial charge in [0.15, 0.2) is 5.78 Å². The molecule has 1 atom stereocenters. The average molecular weight is 292 g/mol. The number of rotatable bonds is 3. The Morgan fingerprint density at radius 2 is 2.21 bits per heavy atom. The number of halogens is 1. The van der Waals surface area contributed by atoms with E-state index < -0.39 is 5.92 Å². The summed E-state index contributed by atoms with van der Waals surface area (Å²) in [5.74, 6) is -1.10. The zero-order valence-corrected chi connectivity index (χ0v) is 11.4. The maximum absolute atomic E-state index is 12.3. The zero-order chi connectivity index (χ0) is 13.4. The summed E-state index contributed by atoms with van der Waals surface area (Å²) < 4.78 is 0. The summed E-state index contributed by atoms with van der Waals surface area (Å²) in [6.45, 7) is 0. The van der Waals surface area contributed by atoms with Crippen LogP contribution in [0, 0.1) is 0 Å². The van der Waals surface area contributed by atoms with E-state index in [9.17, 15) is 9.59 Å². The average Bonchev–Trinajstić information content (AvgIpc) is 2.95. The molecular formula is C14H10ClNO2S. The van der Waals surface area contributed by atoms with Crippen LogP contribution in [-0.2, 0) is 16.0 Å². The fourth-order valence-electron chi connectivity index (χ4n) is 2.24. The number of benzene rings is 1. The highest BCUT2D eigenvalue weighted by molar-refractivity contribution is 7.10. The number of amides is 1. The quantitative estimate of drug-likeness (QED) is 0.882. The van der Waals surface area contributed by atoms with Crippen LogP contribution >= 0.6 is 22.9 Å². The van der Waals surface area contributed by atoms with Gasteiger partial charge >= 0.3 is 0 Å². The Balaban J connectivity index is 1.91. The molecule has 0 radical (unpaired) electrons. The molecule has 1 unspecified atom stereocenters. The largest absolute Gasteiger partial charge is 0.325 e. The molecule has 0 bridgehead atoms. The highest BCUT2D eigenvalue weighted by Gasteiger charge is 2.36. The van der Waals surface area contributed by atoms with E-state index in [1.54, 1.807) is 18.2 Å². The van der Waals surface area contributed by atoms with Gasteiger partial charge in [0.2, 0.25) is 5.91 Å². The van der Waals surface area contributed by atoms with Gasteiger partial charge in [0.25, 0.3) is 0 Å². The molecule has 96 valence electrons. The summed E-state index contributed by atoms with van der Waals surface area (Å²) in [7, 11) is 0. The summed E-state index contributed by atoms with van der Waals surface area (Å²) >= 11 is 7.45. The minimum absolute atomic E-state index is 0.0963. The van der Waals surface area contributed by atoms with Gasteiger partial charge in [-0.1, -0.05) is 17.7 Å². The third-order valence-electron chi connectivity index (χ3n) is 3.10. The van der Waals surface area contributed by atoms with Gasteiger partial charge in [0.05, 0.1) is 0 Å². The first-order valence-electron chi connectivity index (χ1n) is 5.80. The summed E-state index contributed by atoms with van der Waals surface area (Å²) in [6.07, 6.45) is 0.279. The van der Waals surface area contributed by atoms with Crippen LogP contribution in [0.15, 0.2) is 35.7 Å². The number of anilines is 1. The molecule has 3 rings (SSSR count). The molecule has 0 aliphatic carbocycles. The molecule has 0 saturated heterocycles. The predicted octanol–water partition coefficient (Wildman–Crippen LogP) is 3.25. The molecule has 1 amide bonds. The number of fused-ring (bicyclic) bond motifs is 1. The van der Waals surface area contributed by atoms with Crippen LogP contribution in [0.5, 0.6) is 0 Å². The van der Waals surface area contributed by atoms with Gasteiger partial charge in [-0.05, 0) is 35.2 Å². The van der Waals surface area contributed by atoms with Gasteiger partial charge in [0, 0.05) is 22.0 Å². The number of carbonyl (C=O) groups excluding carboxylic acids is 2. The van der Waals surface area contributed by atoms with Gasteiger partial charge in [0.1, 0.15) is 5.92 Å². The molecule has 1 N–H and O–H groups in total. The molecular weight excluding hydrogens is 282 g/mol. The van der Waals surface area contributed by atoms with Gasteiger partial charge in [-0.3, -0.25) is 9.59 Å². The van der Waals surface area contributed by atoms with Crippen LogP contribution in [0.2, 0.25) is 5.02 Å². The molecule has 2 heterocycles. The van der Waals surface area contributed by atoms with Crippen molar-refractivity contribution in [2.75, 3.05) is 5.32 Å². The standard InChI is InChI=1S/C14H10ClNO2S/c15-8-3-4-11-10(6-8)13(14(18)16-11)12(17)7-9-2-1-5-19-9/h1-6,13H,7H2,(H,16,18). The number of nitrogens with one attached hydrogen (secondary N) is 1. The van der Waals surface area contributed by atoms with Gasteiger partial charge in [-0.25, -0.2) is 0 Å². The number of thiophene rings is 1. The van der Waals surface area contributed by atoms with Crippen molar-refractivity contribution in [1.82, 2.24) is 0 Å². The van der Waals surface area contributed by atoms with E-state index in [1.165, 1.54) is 11.3 Å². The van der Waals surface area contributed by atoms with Crippen molar-refractivity contribution in [3.63, 3.8) is 0 Å². The molecule has 1 aliphatic heterocycles. The Hall–Kier alpha value is -1.65. The van der Waals surface area contributed by atoms with Crippen molar-refractivity contribution in [3.05, 3.63) is 51.2 Å². The van der Waals surface area contributed by atoms with Crippen LogP contribution in [-0.4, -0.2) is 11.7 Å². The molecule has 1 aromatic heterocycles. The van der Waals surface area contributed by atoms with E-state index in [0.717, 1.165) is 4.88 Å². The second-order valence-electron chi connectivity index (χ2n) is 4.38. The molecule has 1 aromatic carbocycles. The lowest BCUT2D eigenvalue weighted by Crippen LogP contribution is -2.22. The Kier molecular flexibility index (Phi) is 3.12. The molecule has 0 spiro atoms. The smallest absolute Gasteiger partial charge is 0.239 e. The van der Waals surface area contributed by atoms with E-state index in [1.807, 2.05) is 17.5 Å². The Morgan fingerprint density at radius 1 is 1.37 bits per heavy atom.